The molecule has 0 aromatic heterocycles. The highest BCUT2D eigenvalue weighted by Crippen LogP contribution is 2.56. The zero-order valence-electron chi connectivity index (χ0n) is 26.3. The maximum Gasteiger partial charge on any atom is 0.0779 e. The minimum absolute atomic E-state index is 0.345. The molecule has 0 amide bonds. The first-order chi connectivity index (χ1) is 18.1. The third-order valence-corrected chi connectivity index (χ3v) is 13.5. The molecular formula is C37H46Si2. The van der Waals surface area contributed by atoms with Gasteiger partial charge in [0.25, 0.3) is 0 Å². The second-order valence-corrected chi connectivity index (χ2v) is 24.4. The SMILES string of the molecule is Cc1ccc2c(c1)C(c1cc(C)c(C)c([Si](C)(C)C)c1)(c1cc(C)c(C)c([Si](C)(C)C)c1)c1cc(C)ccc1-2. The quantitative estimate of drug-likeness (QED) is 0.197. The van der Waals surface area contributed by atoms with Gasteiger partial charge in [-0.2, -0.15) is 0 Å². The summed E-state index contributed by atoms with van der Waals surface area (Å²) in [6, 6.07) is 24.6. The fourth-order valence-electron chi connectivity index (χ4n) is 7.05. The van der Waals surface area contributed by atoms with Crippen molar-refractivity contribution in [2.75, 3.05) is 0 Å². The molecule has 1 aliphatic rings. The molecule has 4 aromatic carbocycles. The Hall–Kier alpha value is -2.69. The van der Waals surface area contributed by atoms with Crippen LogP contribution in [0, 0.1) is 41.5 Å². The first-order valence-corrected chi connectivity index (χ1v) is 21.5. The van der Waals surface area contributed by atoms with Gasteiger partial charge >= 0.3 is 0 Å². The van der Waals surface area contributed by atoms with E-state index >= 15 is 0 Å². The van der Waals surface area contributed by atoms with Gasteiger partial charge in [-0.3, -0.25) is 0 Å². The summed E-state index contributed by atoms with van der Waals surface area (Å²) in [5, 5.41) is 3.17. The van der Waals surface area contributed by atoms with E-state index in [0.29, 0.717) is 0 Å². The molecule has 0 spiro atoms. The van der Waals surface area contributed by atoms with Crippen LogP contribution in [0.4, 0.5) is 0 Å². The minimum atomic E-state index is -1.58. The van der Waals surface area contributed by atoms with E-state index in [1.807, 2.05) is 0 Å². The number of fused-ring (bicyclic) bond motifs is 3. The predicted molar refractivity (Wildman–Crippen MR) is 178 cm³/mol. The lowest BCUT2D eigenvalue weighted by atomic mass is 9.66. The van der Waals surface area contributed by atoms with E-state index < -0.39 is 16.1 Å². The van der Waals surface area contributed by atoms with Gasteiger partial charge in [-0.25, -0.2) is 0 Å². The summed E-state index contributed by atoms with van der Waals surface area (Å²) < 4.78 is 0. The lowest BCUT2D eigenvalue weighted by Crippen LogP contribution is -2.43. The van der Waals surface area contributed by atoms with Gasteiger partial charge in [0.2, 0.25) is 0 Å². The standard InChI is InChI=1S/C37H46Si2/c1-23-13-15-31-32-16-14-24(2)18-34(32)37(33(31)17-23,29-19-25(3)27(5)35(21-29)38(7,8)9)30-20-26(4)28(6)36(22-30)39(10,11)12/h13-22H,1-12H3. The number of rotatable bonds is 4. The fraction of sp³-hybridized carbons (Fsp3) is 0.351. The Morgan fingerprint density at radius 3 is 1.15 bits per heavy atom. The van der Waals surface area contributed by atoms with E-state index in [-0.39, 0.29) is 5.41 Å². The third kappa shape index (κ3) is 4.31. The lowest BCUT2D eigenvalue weighted by Gasteiger charge is -2.37. The minimum Gasteiger partial charge on any atom is -0.0656 e. The molecule has 0 nitrogen and oxygen atoms in total. The van der Waals surface area contributed by atoms with Crippen LogP contribution in [-0.2, 0) is 5.41 Å². The number of aryl methyl sites for hydroxylation is 4. The Morgan fingerprint density at radius 1 is 0.462 bits per heavy atom. The summed E-state index contributed by atoms with van der Waals surface area (Å²) in [5.41, 5.74) is 16.6. The molecular weight excluding hydrogens is 501 g/mol. The van der Waals surface area contributed by atoms with Gasteiger partial charge in [0, 0.05) is 0 Å². The smallest absolute Gasteiger partial charge is 0.0656 e. The van der Waals surface area contributed by atoms with E-state index in [1.54, 1.807) is 10.4 Å². The number of benzene rings is 4. The van der Waals surface area contributed by atoms with Crippen LogP contribution in [0.3, 0.4) is 0 Å². The highest BCUT2D eigenvalue weighted by molar-refractivity contribution is 6.89. The second kappa shape index (κ2) is 9.18. The van der Waals surface area contributed by atoms with Gasteiger partial charge in [0.1, 0.15) is 0 Å². The Morgan fingerprint density at radius 2 is 0.821 bits per heavy atom. The van der Waals surface area contributed by atoms with Crippen molar-refractivity contribution in [1.29, 1.82) is 0 Å². The summed E-state index contributed by atoms with van der Waals surface area (Å²) in [5.74, 6) is 0. The molecule has 0 radical (unpaired) electrons. The average molecular weight is 547 g/mol. The van der Waals surface area contributed by atoms with Crippen LogP contribution in [0.5, 0.6) is 0 Å². The molecule has 0 bridgehead atoms. The molecule has 5 rings (SSSR count). The van der Waals surface area contributed by atoms with E-state index in [0.717, 1.165) is 0 Å². The van der Waals surface area contributed by atoms with Gasteiger partial charge in [-0.1, -0.05) is 121 Å². The summed E-state index contributed by atoms with van der Waals surface area (Å²) in [4.78, 5) is 0. The van der Waals surface area contributed by atoms with Crippen LogP contribution in [0.25, 0.3) is 11.1 Å². The Labute approximate surface area is 239 Å². The molecule has 0 saturated heterocycles. The highest BCUT2D eigenvalue weighted by atomic mass is 28.3. The maximum absolute atomic E-state index is 2.61. The van der Waals surface area contributed by atoms with Crippen molar-refractivity contribution in [1.82, 2.24) is 0 Å². The number of hydrogen-bond acceptors (Lipinski definition) is 0. The van der Waals surface area contributed by atoms with Gasteiger partial charge < -0.3 is 0 Å². The normalized spacial score (nSPS) is 14.4. The van der Waals surface area contributed by atoms with Gasteiger partial charge in [0.05, 0.1) is 21.6 Å². The van der Waals surface area contributed by atoms with E-state index in [9.17, 15) is 0 Å². The van der Waals surface area contributed by atoms with Crippen molar-refractivity contribution in [2.24, 2.45) is 0 Å². The Balaban J connectivity index is 2.05. The van der Waals surface area contributed by atoms with Crippen LogP contribution in [0.15, 0.2) is 60.7 Å². The van der Waals surface area contributed by atoms with E-state index in [2.05, 4.69) is 141 Å². The highest BCUT2D eigenvalue weighted by Gasteiger charge is 2.47. The summed E-state index contributed by atoms with van der Waals surface area (Å²) >= 11 is 0. The van der Waals surface area contributed by atoms with Crippen LogP contribution >= 0.6 is 0 Å². The molecule has 39 heavy (non-hydrogen) atoms. The van der Waals surface area contributed by atoms with E-state index in [1.165, 1.54) is 66.8 Å². The molecule has 1 aliphatic carbocycles. The van der Waals surface area contributed by atoms with Crippen molar-refractivity contribution < 1.29 is 0 Å². The summed E-state index contributed by atoms with van der Waals surface area (Å²) in [7, 11) is -3.17. The van der Waals surface area contributed by atoms with Crippen molar-refractivity contribution in [3.8, 4) is 11.1 Å². The third-order valence-electron chi connectivity index (χ3n) is 9.27. The first kappa shape index (κ1) is 27.9. The largest absolute Gasteiger partial charge is 0.0779 e. The van der Waals surface area contributed by atoms with Crippen molar-refractivity contribution >= 4 is 26.5 Å². The van der Waals surface area contributed by atoms with Crippen LogP contribution < -0.4 is 10.4 Å². The van der Waals surface area contributed by atoms with Crippen LogP contribution in [0.1, 0.15) is 55.6 Å². The number of hydrogen-bond donors (Lipinski definition) is 0. The monoisotopic (exact) mass is 546 g/mol. The van der Waals surface area contributed by atoms with Crippen molar-refractivity contribution in [3.05, 3.63) is 116 Å². The van der Waals surface area contributed by atoms with Crippen molar-refractivity contribution in [3.63, 3.8) is 0 Å². The molecule has 4 aromatic rings. The Kier molecular flexibility index (Phi) is 6.56. The molecule has 202 valence electrons. The molecule has 0 aliphatic heterocycles. The van der Waals surface area contributed by atoms with Gasteiger partial charge in [0.15, 0.2) is 0 Å². The Bertz CT molecular complexity index is 1500. The molecule has 0 unspecified atom stereocenters. The zero-order chi connectivity index (χ0) is 28.7. The molecule has 0 saturated carbocycles. The second-order valence-electron chi connectivity index (χ2n) is 14.3. The topological polar surface area (TPSA) is 0 Å². The predicted octanol–water partition coefficient (Wildman–Crippen LogP) is 8.99. The zero-order valence-corrected chi connectivity index (χ0v) is 28.3. The van der Waals surface area contributed by atoms with Crippen LogP contribution in [0.2, 0.25) is 39.3 Å². The summed E-state index contributed by atoms with van der Waals surface area (Å²) in [6.07, 6.45) is 0. The average Bonchev–Trinajstić information content (AvgIpc) is 3.10. The van der Waals surface area contributed by atoms with E-state index in [4.69, 9.17) is 0 Å². The molecule has 0 N–H and O–H groups in total. The van der Waals surface area contributed by atoms with Crippen molar-refractivity contribution in [2.45, 2.75) is 86.2 Å². The molecule has 0 heterocycles. The molecule has 2 heteroatoms. The first-order valence-electron chi connectivity index (χ1n) is 14.5. The van der Waals surface area contributed by atoms with Gasteiger partial charge in [-0.05, 0) is 97.2 Å². The molecule has 0 atom stereocenters. The van der Waals surface area contributed by atoms with Gasteiger partial charge in [-0.15, -0.1) is 0 Å². The fourth-order valence-corrected chi connectivity index (χ4v) is 10.9. The van der Waals surface area contributed by atoms with Crippen LogP contribution in [-0.4, -0.2) is 16.1 Å². The maximum atomic E-state index is 2.61. The molecule has 0 fully saturated rings. The lowest BCUT2D eigenvalue weighted by molar-refractivity contribution is 0.765. The summed E-state index contributed by atoms with van der Waals surface area (Å²) in [6.45, 7) is 28.8.